The number of anilines is 1. The Labute approximate surface area is 225 Å². The summed E-state index contributed by atoms with van der Waals surface area (Å²) in [4.78, 5) is 25.7. The predicted octanol–water partition coefficient (Wildman–Crippen LogP) is 6.13. The summed E-state index contributed by atoms with van der Waals surface area (Å²) in [5.41, 5.74) is 1.13. The van der Waals surface area contributed by atoms with Crippen LogP contribution in [0, 0.1) is 5.92 Å². The fraction of sp³-hybridized carbons (Fsp3) is 0.214. The number of allylic oxidation sites excluding steroid dienone is 1. The van der Waals surface area contributed by atoms with Gasteiger partial charge in [-0.2, -0.15) is 0 Å². The number of carbonyl (C=O) groups is 2. The summed E-state index contributed by atoms with van der Waals surface area (Å²) >= 11 is 7.50. The molecule has 0 saturated heterocycles. The van der Waals surface area contributed by atoms with Crippen LogP contribution in [0.4, 0.5) is 5.69 Å². The summed E-state index contributed by atoms with van der Waals surface area (Å²) < 4.78 is 1.87. The van der Waals surface area contributed by atoms with Gasteiger partial charge in [0, 0.05) is 12.2 Å². The molecule has 2 amide bonds. The summed E-state index contributed by atoms with van der Waals surface area (Å²) in [6.07, 6.45) is 1.74. The standard InChI is InChI=1S/C28H28ClN5O2S/c1-4-15-34-26(25(18(2)3)31-27(36)22-11-7-8-12-23(22)29)32-33-28(34)37-17-24(35)30-21-14-13-19-9-5-6-10-20(19)16-21/h4-14,16,18,25H,1,15,17H2,2-3H3,(H,30,35)(H,31,36)/t25-/m1/s1. The molecule has 0 aliphatic rings. The van der Waals surface area contributed by atoms with E-state index < -0.39 is 6.04 Å². The highest BCUT2D eigenvalue weighted by molar-refractivity contribution is 7.99. The van der Waals surface area contributed by atoms with Gasteiger partial charge in [0.15, 0.2) is 11.0 Å². The van der Waals surface area contributed by atoms with Gasteiger partial charge in [-0.05, 0) is 41.0 Å². The zero-order chi connectivity index (χ0) is 26.4. The van der Waals surface area contributed by atoms with Gasteiger partial charge in [-0.3, -0.25) is 9.59 Å². The Kier molecular flexibility index (Phi) is 8.63. The lowest BCUT2D eigenvalue weighted by atomic mass is 10.0. The topological polar surface area (TPSA) is 88.9 Å². The molecule has 7 nitrogen and oxygen atoms in total. The van der Waals surface area contributed by atoms with Crippen LogP contribution in [-0.2, 0) is 11.3 Å². The van der Waals surface area contributed by atoms with Crippen LogP contribution in [0.1, 0.15) is 36.1 Å². The molecule has 1 heterocycles. The number of rotatable bonds is 10. The van der Waals surface area contributed by atoms with Crippen molar-refractivity contribution in [3.63, 3.8) is 0 Å². The lowest BCUT2D eigenvalue weighted by Crippen LogP contribution is -2.34. The van der Waals surface area contributed by atoms with Crippen molar-refractivity contribution in [1.82, 2.24) is 20.1 Å². The van der Waals surface area contributed by atoms with E-state index in [1.54, 1.807) is 30.3 Å². The molecule has 0 radical (unpaired) electrons. The zero-order valence-corrected chi connectivity index (χ0v) is 22.2. The molecular formula is C28H28ClN5O2S. The van der Waals surface area contributed by atoms with Gasteiger partial charge in [-0.25, -0.2) is 0 Å². The molecule has 0 spiro atoms. The number of hydrogen-bond acceptors (Lipinski definition) is 5. The quantitative estimate of drug-likeness (QED) is 0.189. The molecule has 0 bridgehead atoms. The first-order chi connectivity index (χ1) is 17.9. The Morgan fingerprint density at radius 3 is 2.51 bits per heavy atom. The number of amides is 2. The van der Waals surface area contributed by atoms with Crippen LogP contribution in [0.3, 0.4) is 0 Å². The van der Waals surface area contributed by atoms with Crippen molar-refractivity contribution in [3.05, 3.63) is 95.8 Å². The molecule has 0 aliphatic heterocycles. The first-order valence-electron chi connectivity index (χ1n) is 11.9. The first-order valence-corrected chi connectivity index (χ1v) is 13.2. The van der Waals surface area contributed by atoms with Crippen LogP contribution < -0.4 is 10.6 Å². The molecule has 4 rings (SSSR count). The highest BCUT2D eigenvalue weighted by Crippen LogP contribution is 2.27. The second-order valence-corrected chi connectivity index (χ2v) is 10.2. The third-order valence-corrected chi connectivity index (χ3v) is 7.07. The minimum atomic E-state index is -0.419. The molecule has 9 heteroatoms. The highest BCUT2D eigenvalue weighted by Gasteiger charge is 2.27. The van der Waals surface area contributed by atoms with Crippen LogP contribution in [0.2, 0.25) is 5.02 Å². The molecule has 2 N–H and O–H groups in total. The Balaban J connectivity index is 1.48. The van der Waals surface area contributed by atoms with E-state index >= 15 is 0 Å². The van der Waals surface area contributed by atoms with E-state index in [1.165, 1.54) is 11.8 Å². The largest absolute Gasteiger partial charge is 0.342 e. The van der Waals surface area contributed by atoms with Gasteiger partial charge in [0.05, 0.1) is 22.4 Å². The summed E-state index contributed by atoms with van der Waals surface area (Å²) in [6.45, 7) is 8.27. The summed E-state index contributed by atoms with van der Waals surface area (Å²) in [5.74, 6) is 0.324. The van der Waals surface area contributed by atoms with E-state index in [0.29, 0.717) is 28.1 Å². The number of thioether (sulfide) groups is 1. The number of halogens is 1. The van der Waals surface area contributed by atoms with Crippen LogP contribution in [0.5, 0.6) is 0 Å². The van der Waals surface area contributed by atoms with Gasteiger partial charge >= 0.3 is 0 Å². The minimum Gasteiger partial charge on any atom is -0.342 e. The molecule has 3 aromatic carbocycles. The molecule has 0 fully saturated rings. The molecule has 0 unspecified atom stereocenters. The van der Waals surface area contributed by atoms with Gasteiger partial charge in [0.2, 0.25) is 5.91 Å². The number of nitrogens with zero attached hydrogens (tertiary/aromatic N) is 3. The second kappa shape index (κ2) is 12.1. The van der Waals surface area contributed by atoms with Gasteiger partial charge in [-0.1, -0.05) is 85.8 Å². The predicted molar refractivity (Wildman–Crippen MR) is 150 cm³/mol. The van der Waals surface area contributed by atoms with E-state index in [2.05, 4.69) is 27.4 Å². The number of benzene rings is 3. The molecule has 0 aliphatic carbocycles. The summed E-state index contributed by atoms with van der Waals surface area (Å²) in [5, 5.41) is 17.8. The molecular weight excluding hydrogens is 506 g/mol. The number of nitrogens with one attached hydrogen (secondary N) is 2. The number of fused-ring (bicyclic) bond motifs is 1. The van der Waals surface area contributed by atoms with Crippen LogP contribution in [-0.4, -0.2) is 32.3 Å². The van der Waals surface area contributed by atoms with E-state index in [9.17, 15) is 9.59 Å². The number of aromatic nitrogens is 3. The minimum absolute atomic E-state index is 0.0215. The van der Waals surface area contributed by atoms with Crippen molar-refractivity contribution in [2.75, 3.05) is 11.1 Å². The maximum absolute atomic E-state index is 13.0. The Bertz CT molecular complexity index is 1440. The monoisotopic (exact) mass is 533 g/mol. The molecule has 4 aromatic rings. The third kappa shape index (κ3) is 6.39. The molecule has 1 atom stereocenters. The average molecular weight is 534 g/mol. The zero-order valence-electron chi connectivity index (χ0n) is 20.6. The lowest BCUT2D eigenvalue weighted by Gasteiger charge is -2.23. The van der Waals surface area contributed by atoms with Crippen LogP contribution in [0.25, 0.3) is 10.8 Å². The van der Waals surface area contributed by atoms with E-state index in [0.717, 1.165) is 16.5 Å². The number of carbonyl (C=O) groups excluding carboxylic acids is 2. The number of hydrogen-bond donors (Lipinski definition) is 2. The van der Waals surface area contributed by atoms with Crippen molar-refractivity contribution in [3.8, 4) is 0 Å². The molecule has 37 heavy (non-hydrogen) atoms. The van der Waals surface area contributed by atoms with Crippen molar-refractivity contribution >= 4 is 51.6 Å². The van der Waals surface area contributed by atoms with E-state index in [4.69, 9.17) is 11.6 Å². The molecule has 1 aromatic heterocycles. The first kappa shape index (κ1) is 26.4. The van der Waals surface area contributed by atoms with Crippen LogP contribution in [0.15, 0.2) is 84.5 Å². The van der Waals surface area contributed by atoms with Gasteiger partial charge in [-0.15, -0.1) is 16.8 Å². The van der Waals surface area contributed by atoms with Gasteiger partial charge < -0.3 is 15.2 Å². The Hall–Kier alpha value is -3.62. The smallest absolute Gasteiger partial charge is 0.253 e. The van der Waals surface area contributed by atoms with Crippen molar-refractivity contribution in [2.24, 2.45) is 5.92 Å². The van der Waals surface area contributed by atoms with Crippen molar-refractivity contribution < 1.29 is 9.59 Å². The summed E-state index contributed by atoms with van der Waals surface area (Å²) in [6, 6.07) is 20.3. The maximum Gasteiger partial charge on any atom is 0.253 e. The third-order valence-electron chi connectivity index (χ3n) is 5.77. The Morgan fingerprint density at radius 1 is 1.05 bits per heavy atom. The fourth-order valence-corrected chi connectivity index (χ4v) is 4.90. The average Bonchev–Trinajstić information content (AvgIpc) is 3.28. The molecule has 0 saturated carbocycles. The SMILES string of the molecule is C=CCn1c(SCC(=O)Nc2ccc3ccccc3c2)nnc1[C@H](NC(=O)c1ccccc1Cl)C(C)C. The van der Waals surface area contributed by atoms with Gasteiger partial charge in [0.1, 0.15) is 0 Å². The van der Waals surface area contributed by atoms with Gasteiger partial charge in [0.25, 0.3) is 5.91 Å². The van der Waals surface area contributed by atoms with E-state index in [1.807, 2.05) is 60.9 Å². The maximum atomic E-state index is 13.0. The van der Waals surface area contributed by atoms with E-state index in [-0.39, 0.29) is 23.5 Å². The lowest BCUT2D eigenvalue weighted by molar-refractivity contribution is -0.113. The normalized spacial score (nSPS) is 11.9. The van der Waals surface area contributed by atoms with Crippen molar-refractivity contribution in [2.45, 2.75) is 31.6 Å². The van der Waals surface area contributed by atoms with Crippen LogP contribution >= 0.6 is 23.4 Å². The fourth-order valence-electron chi connectivity index (χ4n) is 3.93. The Morgan fingerprint density at radius 2 is 1.78 bits per heavy atom. The van der Waals surface area contributed by atoms with Crippen molar-refractivity contribution in [1.29, 1.82) is 0 Å². The highest BCUT2D eigenvalue weighted by atomic mass is 35.5. The summed E-state index contributed by atoms with van der Waals surface area (Å²) in [7, 11) is 0. The molecule has 190 valence electrons. The second-order valence-electron chi connectivity index (χ2n) is 8.81.